The largest absolute Gasteiger partial charge is 0.398 e. The first-order valence-corrected chi connectivity index (χ1v) is 10.1. The Labute approximate surface area is 117 Å². The molecule has 2 aromatic carbocycles. The third kappa shape index (κ3) is 3.27. The van der Waals surface area contributed by atoms with Gasteiger partial charge < -0.3 is 5.73 Å². The van der Waals surface area contributed by atoms with Crippen LogP contribution in [0.25, 0.3) is 0 Å². The molecule has 1 atom stereocenters. The van der Waals surface area contributed by atoms with E-state index in [-0.39, 0.29) is 0 Å². The Morgan fingerprint density at radius 3 is 2.16 bits per heavy atom. The standard InChI is InChI=1S/C17H23NSi/c1-14(16-11-7-8-12-17(16)18)13-19(2,3)15-9-5-4-6-10-15/h4-12,14H,13,18H2,1-3H3. The van der Waals surface area contributed by atoms with Crippen LogP contribution in [0.15, 0.2) is 54.6 Å². The second-order valence-corrected chi connectivity index (χ2v) is 10.7. The topological polar surface area (TPSA) is 26.0 Å². The van der Waals surface area contributed by atoms with Crippen LogP contribution in [0.3, 0.4) is 0 Å². The first kappa shape index (κ1) is 13.9. The van der Waals surface area contributed by atoms with Crippen molar-refractivity contribution in [2.24, 2.45) is 0 Å². The molecule has 0 fully saturated rings. The molecule has 0 aliphatic rings. The zero-order chi connectivity index (χ0) is 13.9. The predicted octanol–water partition coefficient (Wildman–Crippen LogP) is 3.99. The lowest BCUT2D eigenvalue weighted by atomic mass is 10.0. The van der Waals surface area contributed by atoms with Gasteiger partial charge in [-0.3, -0.25) is 0 Å². The number of hydrogen-bond acceptors (Lipinski definition) is 1. The van der Waals surface area contributed by atoms with Crippen molar-refractivity contribution >= 4 is 18.9 Å². The van der Waals surface area contributed by atoms with Gasteiger partial charge in [-0.1, -0.05) is 73.7 Å². The summed E-state index contributed by atoms with van der Waals surface area (Å²) < 4.78 is 0. The van der Waals surface area contributed by atoms with Crippen molar-refractivity contribution in [2.45, 2.75) is 32.0 Å². The highest BCUT2D eigenvalue weighted by Gasteiger charge is 2.26. The molecule has 0 aliphatic heterocycles. The van der Waals surface area contributed by atoms with Gasteiger partial charge in [0.1, 0.15) is 0 Å². The van der Waals surface area contributed by atoms with Crippen molar-refractivity contribution in [3.8, 4) is 0 Å². The Balaban J connectivity index is 2.19. The van der Waals surface area contributed by atoms with Crippen LogP contribution in [-0.4, -0.2) is 8.07 Å². The second-order valence-electron chi connectivity index (χ2n) is 5.98. The summed E-state index contributed by atoms with van der Waals surface area (Å²) in [5.74, 6) is 0.517. The van der Waals surface area contributed by atoms with Crippen LogP contribution in [-0.2, 0) is 0 Å². The zero-order valence-electron chi connectivity index (χ0n) is 12.1. The highest BCUT2D eigenvalue weighted by molar-refractivity contribution is 6.89. The van der Waals surface area contributed by atoms with E-state index in [0.717, 1.165) is 5.69 Å². The number of hydrogen-bond donors (Lipinski definition) is 1. The second kappa shape index (κ2) is 5.62. The van der Waals surface area contributed by atoms with E-state index in [0.29, 0.717) is 5.92 Å². The van der Waals surface area contributed by atoms with Crippen molar-refractivity contribution < 1.29 is 0 Å². The average Bonchev–Trinajstić information content (AvgIpc) is 2.39. The summed E-state index contributed by atoms with van der Waals surface area (Å²) in [7, 11) is -1.40. The molecule has 0 aliphatic carbocycles. The highest BCUT2D eigenvalue weighted by Crippen LogP contribution is 2.29. The van der Waals surface area contributed by atoms with Crippen LogP contribution < -0.4 is 10.9 Å². The smallest absolute Gasteiger partial charge is 0.0812 e. The first-order chi connectivity index (χ1) is 9.00. The lowest BCUT2D eigenvalue weighted by Crippen LogP contribution is -2.42. The SMILES string of the molecule is CC(C[Si](C)(C)c1ccccc1)c1ccccc1N. The molecular weight excluding hydrogens is 246 g/mol. The molecule has 0 radical (unpaired) electrons. The van der Waals surface area contributed by atoms with Crippen molar-refractivity contribution in [3.05, 3.63) is 60.2 Å². The van der Waals surface area contributed by atoms with Crippen molar-refractivity contribution in [2.75, 3.05) is 5.73 Å². The van der Waals surface area contributed by atoms with E-state index < -0.39 is 8.07 Å². The van der Waals surface area contributed by atoms with E-state index in [1.165, 1.54) is 16.8 Å². The van der Waals surface area contributed by atoms with E-state index in [1.54, 1.807) is 0 Å². The molecule has 0 bridgehead atoms. The minimum Gasteiger partial charge on any atom is -0.398 e. The molecule has 0 amide bonds. The van der Waals surface area contributed by atoms with Crippen LogP contribution >= 0.6 is 0 Å². The number of nitrogens with two attached hydrogens (primary N) is 1. The Kier molecular flexibility index (Phi) is 4.10. The van der Waals surface area contributed by atoms with E-state index in [2.05, 4.69) is 62.5 Å². The molecule has 2 N–H and O–H groups in total. The lowest BCUT2D eigenvalue weighted by molar-refractivity contribution is 0.851. The van der Waals surface area contributed by atoms with Crippen molar-refractivity contribution in [1.82, 2.24) is 0 Å². The van der Waals surface area contributed by atoms with Gasteiger partial charge in [-0.2, -0.15) is 0 Å². The molecule has 0 saturated carbocycles. The molecule has 19 heavy (non-hydrogen) atoms. The normalized spacial score (nSPS) is 13.2. The maximum atomic E-state index is 6.09. The van der Waals surface area contributed by atoms with Crippen LogP contribution in [0.5, 0.6) is 0 Å². The highest BCUT2D eigenvalue weighted by atomic mass is 28.3. The Bertz CT molecular complexity index is 534. The Morgan fingerprint density at radius 2 is 1.53 bits per heavy atom. The van der Waals surface area contributed by atoms with Gasteiger partial charge in [0.2, 0.25) is 0 Å². The quantitative estimate of drug-likeness (QED) is 0.659. The first-order valence-electron chi connectivity index (χ1n) is 6.90. The molecule has 1 nitrogen and oxygen atoms in total. The van der Waals surface area contributed by atoms with Gasteiger partial charge in [0, 0.05) is 5.69 Å². The predicted molar refractivity (Wildman–Crippen MR) is 87.6 cm³/mol. The fourth-order valence-electron chi connectivity index (χ4n) is 2.84. The molecule has 0 saturated heterocycles. The van der Waals surface area contributed by atoms with Crippen molar-refractivity contribution in [3.63, 3.8) is 0 Å². The molecule has 0 spiro atoms. The summed E-state index contributed by atoms with van der Waals surface area (Å²) in [4.78, 5) is 0. The van der Waals surface area contributed by atoms with Gasteiger partial charge in [0.15, 0.2) is 0 Å². The molecule has 0 aromatic heterocycles. The van der Waals surface area contributed by atoms with E-state index >= 15 is 0 Å². The molecule has 100 valence electrons. The van der Waals surface area contributed by atoms with E-state index in [9.17, 15) is 0 Å². The zero-order valence-corrected chi connectivity index (χ0v) is 13.1. The minimum atomic E-state index is -1.40. The fourth-order valence-corrected chi connectivity index (χ4v) is 5.92. The van der Waals surface area contributed by atoms with Gasteiger partial charge in [0.25, 0.3) is 0 Å². The number of rotatable bonds is 4. The third-order valence-electron chi connectivity index (χ3n) is 3.90. The number of para-hydroxylation sites is 1. The van der Waals surface area contributed by atoms with Crippen LogP contribution in [0.4, 0.5) is 5.69 Å². The van der Waals surface area contributed by atoms with Gasteiger partial charge in [-0.15, -0.1) is 0 Å². The van der Waals surface area contributed by atoms with Gasteiger partial charge in [-0.05, 0) is 23.6 Å². The summed E-state index contributed by atoms with van der Waals surface area (Å²) in [6, 6.07) is 20.4. The van der Waals surface area contributed by atoms with Crippen LogP contribution in [0.2, 0.25) is 19.1 Å². The van der Waals surface area contributed by atoms with Crippen molar-refractivity contribution in [1.29, 1.82) is 0 Å². The molecular formula is C17H23NSi. The fraction of sp³-hybridized carbons (Fsp3) is 0.294. The third-order valence-corrected chi connectivity index (χ3v) is 7.43. The summed E-state index contributed by atoms with van der Waals surface area (Å²) in [5, 5.41) is 1.52. The van der Waals surface area contributed by atoms with Crippen LogP contribution in [0.1, 0.15) is 18.4 Å². The monoisotopic (exact) mass is 269 g/mol. The number of benzene rings is 2. The van der Waals surface area contributed by atoms with E-state index in [1.807, 2.05) is 12.1 Å². The maximum Gasteiger partial charge on any atom is 0.0812 e. The summed E-state index contributed by atoms with van der Waals surface area (Å²) >= 11 is 0. The molecule has 2 rings (SSSR count). The Hall–Kier alpha value is -1.54. The maximum absolute atomic E-state index is 6.09. The van der Waals surface area contributed by atoms with Gasteiger partial charge in [0.05, 0.1) is 8.07 Å². The molecule has 2 heteroatoms. The summed E-state index contributed by atoms with van der Waals surface area (Å²) in [6.45, 7) is 7.18. The number of anilines is 1. The van der Waals surface area contributed by atoms with Gasteiger partial charge in [-0.25, -0.2) is 0 Å². The Morgan fingerprint density at radius 1 is 0.947 bits per heavy atom. The van der Waals surface area contributed by atoms with Crippen LogP contribution in [0, 0.1) is 0 Å². The minimum absolute atomic E-state index is 0.517. The summed E-state index contributed by atoms with van der Waals surface area (Å²) in [5.41, 5.74) is 8.31. The number of nitrogen functional groups attached to an aromatic ring is 1. The average molecular weight is 269 g/mol. The molecule has 1 unspecified atom stereocenters. The lowest BCUT2D eigenvalue weighted by Gasteiger charge is -2.27. The summed E-state index contributed by atoms with van der Waals surface area (Å²) in [6.07, 6.45) is 0. The van der Waals surface area contributed by atoms with Gasteiger partial charge >= 0.3 is 0 Å². The molecule has 0 heterocycles. The molecule has 2 aromatic rings. The van der Waals surface area contributed by atoms with E-state index in [4.69, 9.17) is 5.73 Å².